The minimum absolute atomic E-state index is 0.0316. The third kappa shape index (κ3) is 1.99. The van der Waals surface area contributed by atoms with Crippen LogP contribution < -0.4 is 5.73 Å². The lowest BCUT2D eigenvalue weighted by Gasteiger charge is -2.02. The van der Waals surface area contributed by atoms with Gasteiger partial charge >= 0.3 is 5.69 Å². The van der Waals surface area contributed by atoms with Crippen LogP contribution in [0.5, 0.6) is 5.75 Å². The first-order chi connectivity index (χ1) is 6.97. The van der Waals surface area contributed by atoms with Gasteiger partial charge in [0.2, 0.25) is 0 Å². The summed E-state index contributed by atoms with van der Waals surface area (Å²) in [6, 6.07) is 1.69. The summed E-state index contributed by atoms with van der Waals surface area (Å²) in [5.74, 6) is -0.631. The van der Waals surface area contributed by atoms with E-state index in [1.165, 1.54) is 0 Å². The normalized spacial score (nSPS) is 9.93. The predicted octanol–water partition coefficient (Wildman–Crippen LogP) is 0.667. The molecule has 1 rings (SSSR count). The van der Waals surface area contributed by atoms with Gasteiger partial charge in [-0.25, -0.2) is 0 Å². The number of benzene rings is 1. The molecule has 0 aliphatic heterocycles. The molecule has 0 saturated carbocycles. The molecule has 15 heavy (non-hydrogen) atoms. The molecule has 0 aromatic heterocycles. The van der Waals surface area contributed by atoms with E-state index in [0.717, 1.165) is 6.07 Å². The lowest BCUT2D eigenvalue weighted by atomic mass is 10.1. The summed E-state index contributed by atoms with van der Waals surface area (Å²) >= 11 is 0. The maximum Gasteiger partial charge on any atom is 0.317 e. The van der Waals surface area contributed by atoms with E-state index < -0.39 is 27.0 Å². The van der Waals surface area contributed by atoms with Gasteiger partial charge in [0.1, 0.15) is 0 Å². The van der Waals surface area contributed by atoms with Crippen molar-refractivity contribution in [2.45, 2.75) is 6.54 Å². The number of hydrogen-bond donors (Lipinski definition) is 2. The largest absolute Gasteiger partial charge is 0.502 e. The summed E-state index contributed by atoms with van der Waals surface area (Å²) in [5.41, 5.74) is 3.96. The molecule has 3 N–H and O–H groups in total. The smallest absolute Gasteiger partial charge is 0.317 e. The molecule has 80 valence electrons. The Morgan fingerprint density at radius 2 is 1.87 bits per heavy atom. The van der Waals surface area contributed by atoms with Gasteiger partial charge in [-0.2, -0.15) is 0 Å². The van der Waals surface area contributed by atoms with Crippen LogP contribution in [0.1, 0.15) is 5.56 Å². The summed E-state index contributed by atoms with van der Waals surface area (Å²) in [5, 5.41) is 30.2. The van der Waals surface area contributed by atoms with E-state index in [0.29, 0.717) is 6.07 Å². The molecular weight excluding hydrogens is 206 g/mol. The van der Waals surface area contributed by atoms with E-state index in [-0.39, 0.29) is 12.1 Å². The van der Waals surface area contributed by atoms with Crippen LogP contribution in [-0.4, -0.2) is 15.0 Å². The number of non-ortho nitro benzene ring substituents is 1. The predicted molar refractivity (Wildman–Crippen MR) is 49.3 cm³/mol. The second-order valence-corrected chi connectivity index (χ2v) is 2.69. The number of nitro groups is 2. The number of nitrogens with two attached hydrogens (primary N) is 1. The number of nitrogens with zero attached hydrogens (tertiary/aromatic N) is 2. The number of phenols is 1. The summed E-state index contributed by atoms with van der Waals surface area (Å²) < 4.78 is 0. The molecule has 1 aromatic carbocycles. The zero-order valence-corrected chi connectivity index (χ0v) is 7.41. The highest BCUT2D eigenvalue weighted by atomic mass is 16.6. The molecule has 0 aliphatic carbocycles. The second kappa shape index (κ2) is 3.88. The van der Waals surface area contributed by atoms with Crippen LogP contribution in [0.15, 0.2) is 12.1 Å². The Hall–Kier alpha value is -2.22. The highest BCUT2D eigenvalue weighted by Gasteiger charge is 2.22. The van der Waals surface area contributed by atoms with Crippen LogP contribution in [0.25, 0.3) is 0 Å². The fraction of sp³-hybridized carbons (Fsp3) is 0.143. The van der Waals surface area contributed by atoms with Crippen molar-refractivity contribution in [3.8, 4) is 5.75 Å². The van der Waals surface area contributed by atoms with Gasteiger partial charge in [0.25, 0.3) is 5.69 Å². The number of aromatic hydroxyl groups is 1. The van der Waals surface area contributed by atoms with Crippen molar-refractivity contribution in [3.05, 3.63) is 37.9 Å². The molecule has 0 fully saturated rings. The highest BCUT2D eigenvalue weighted by Crippen LogP contribution is 2.33. The summed E-state index contributed by atoms with van der Waals surface area (Å²) in [6.45, 7) is -0.214. The first-order valence-corrected chi connectivity index (χ1v) is 3.82. The molecule has 0 atom stereocenters. The van der Waals surface area contributed by atoms with Crippen LogP contribution in [0.3, 0.4) is 0 Å². The molecule has 8 heteroatoms. The Morgan fingerprint density at radius 1 is 1.27 bits per heavy atom. The first-order valence-electron chi connectivity index (χ1n) is 3.82. The molecular formula is C7H7N3O5. The van der Waals surface area contributed by atoms with Crippen molar-refractivity contribution >= 4 is 11.4 Å². The summed E-state index contributed by atoms with van der Waals surface area (Å²) in [7, 11) is 0. The van der Waals surface area contributed by atoms with E-state index >= 15 is 0 Å². The Kier molecular flexibility index (Phi) is 2.81. The van der Waals surface area contributed by atoms with Gasteiger partial charge in [0.05, 0.1) is 15.9 Å². The highest BCUT2D eigenvalue weighted by molar-refractivity contribution is 5.57. The van der Waals surface area contributed by atoms with E-state index in [1.807, 2.05) is 0 Å². The standard InChI is InChI=1S/C7H7N3O5/c8-3-4-1-5(9(12)13)2-6(7(4)11)10(14)15/h1-2,11H,3,8H2. The number of rotatable bonds is 3. The first kappa shape index (κ1) is 10.9. The van der Waals surface area contributed by atoms with Crippen molar-refractivity contribution in [2.24, 2.45) is 5.73 Å². The SMILES string of the molecule is NCc1cc([N+](=O)[O-])cc([N+](=O)[O-])c1O. The van der Waals surface area contributed by atoms with Crippen LogP contribution in [0.2, 0.25) is 0 Å². The second-order valence-electron chi connectivity index (χ2n) is 2.69. The number of nitro benzene ring substituents is 2. The molecule has 0 aliphatic rings. The quantitative estimate of drug-likeness (QED) is 0.559. The van der Waals surface area contributed by atoms with E-state index in [4.69, 9.17) is 5.73 Å². The number of hydrogen-bond acceptors (Lipinski definition) is 6. The molecule has 0 amide bonds. The summed E-state index contributed by atoms with van der Waals surface area (Å²) in [4.78, 5) is 19.2. The molecule has 0 saturated heterocycles. The Morgan fingerprint density at radius 3 is 2.27 bits per heavy atom. The average Bonchev–Trinajstić information content (AvgIpc) is 2.17. The van der Waals surface area contributed by atoms with Crippen LogP contribution in [-0.2, 0) is 6.54 Å². The third-order valence-corrected chi connectivity index (χ3v) is 1.78. The topological polar surface area (TPSA) is 133 Å². The van der Waals surface area contributed by atoms with Gasteiger partial charge < -0.3 is 10.8 Å². The molecule has 8 nitrogen and oxygen atoms in total. The fourth-order valence-electron chi connectivity index (χ4n) is 1.06. The Balaban J connectivity index is 3.45. The minimum atomic E-state index is -0.901. The zero-order valence-electron chi connectivity index (χ0n) is 7.41. The summed E-state index contributed by atoms with van der Waals surface area (Å²) in [6.07, 6.45) is 0. The van der Waals surface area contributed by atoms with Gasteiger partial charge in [0, 0.05) is 18.2 Å². The van der Waals surface area contributed by atoms with Crippen molar-refractivity contribution in [1.29, 1.82) is 0 Å². The van der Waals surface area contributed by atoms with Gasteiger partial charge in [-0.1, -0.05) is 0 Å². The lowest BCUT2D eigenvalue weighted by Crippen LogP contribution is -2.01. The van der Waals surface area contributed by atoms with Crippen molar-refractivity contribution in [1.82, 2.24) is 0 Å². The molecule has 0 bridgehead atoms. The molecule has 0 heterocycles. The molecule has 1 aromatic rings. The van der Waals surface area contributed by atoms with Gasteiger partial charge in [-0.3, -0.25) is 20.2 Å². The van der Waals surface area contributed by atoms with Gasteiger partial charge in [-0.15, -0.1) is 0 Å². The van der Waals surface area contributed by atoms with E-state index in [2.05, 4.69) is 0 Å². The molecule has 0 radical (unpaired) electrons. The average molecular weight is 213 g/mol. The Labute approximate surface area is 83.2 Å². The zero-order chi connectivity index (χ0) is 11.6. The molecule has 0 unspecified atom stereocenters. The maximum atomic E-state index is 10.4. The fourth-order valence-corrected chi connectivity index (χ4v) is 1.06. The van der Waals surface area contributed by atoms with Gasteiger partial charge in [-0.05, 0) is 0 Å². The van der Waals surface area contributed by atoms with Crippen LogP contribution in [0.4, 0.5) is 11.4 Å². The van der Waals surface area contributed by atoms with E-state index in [1.54, 1.807) is 0 Å². The van der Waals surface area contributed by atoms with Crippen molar-refractivity contribution in [3.63, 3.8) is 0 Å². The van der Waals surface area contributed by atoms with Crippen LogP contribution >= 0.6 is 0 Å². The third-order valence-electron chi connectivity index (χ3n) is 1.78. The van der Waals surface area contributed by atoms with E-state index in [9.17, 15) is 25.3 Å². The lowest BCUT2D eigenvalue weighted by molar-refractivity contribution is -0.394. The minimum Gasteiger partial charge on any atom is -0.502 e. The van der Waals surface area contributed by atoms with Crippen LogP contribution in [0, 0.1) is 20.2 Å². The van der Waals surface area contributed by atoms with Crippen molar-refractivity contribution < 1.29 is 15.0 Å². The number of phenolic OH excluding ortho intramolecular Hbond substituents is 1. The maximum absolute atomic E-state index is 10.4. The molecule has 0 spiro atoms. The Bertz CT molecular complexity index is 431. The monoisotopic (exact) mass is 213 g/mol. The van der Waals surface area contributed by atoms with Crippen molar-refractivity contribution in [2.75, 3.05) is 0 Å². The van der Waals surface area contributed by atoms with Gasteiger partial charge in [0.15, 0.2) is 5.75 Å².